The molecule has 0 aliphatic heterocycles. The Morgan fingerprint density at radius 2 is 1.50 bits per heavy atom. The average Bonchev–Trinajstić information content (AvgIpc) is 3.20. The van der Waals surface area contributed by atoms with Crippen LogP contribution >= 0.6 is 23.2 Å². The van der Waals surface area contributed by atoms with Crippen LogP contribution in [0.2, 0.25) is 10.0 Å². The van der Waals surface area contributed by atoms with Gasteiger partial charge in [0, 0.05) is 26.9 Å². The monoisotopic (exact) mass is 408 g/mol. The number of nitrogens with zero attached hydrogens (tertiary/aromatic N) is 1. The first-order valence-electron chi connectivity index (χ1n) is 8.48. The van der Waals surface area contributed by atoms with Crippen molar-refractivity contribution in [3.05, 3.63) is 94.6 Å². The minimum Gasteiger partial charge on any atom is -0.436 e. The summed E-state index contributed by atoms with van der Waals surface area (Å²) in [7, 11) is 0. The van der Waals surface area contributed by atoms with E-state index in [4.69, 9.17) is 27.6 Å². The number of hydrogen-bond donors (Lipinski definition) is 1. The highest BCUT2D eigenvalue weighted by Gasteiger charge is 2.17. The Labute approximate surface area is 171 Å². The molecule has 0 radical (unpaired) electrons. The number of aromatic nitrogens is 1. The summed E-state index contributed by atoms with van der Waals surface area (Å²) in [5.74, 6) is 0.704. The van der Waals surface area contributed by atoms with E-state index in [1.165, 1.54) is 0 Å². The summed E-state index contributed by atoms with van der Waals surface area (Å²) < 4.78 is 5.90. The zero-order valence-electron chi connectivity index (χ0n) is 14.5. The van der Waals surface area contributed by atoms with Crippen molar-refractivity contribution in [3.8, 4) is 22.8 Å². The van der Waals surface area contributed by atoms with Crippen molar-refractivity contribution in [1.82, 2.24) is 4.98 Å². The highest BCUT2D eigenvalue weighted by Crippen LogP contribution is 2.29. The fourth-order valence-corrected chi connectivity index (χ4v) is 3.00. The molecular formula is C22H14Cl2N2O2. The molecule has 0 aliphatic carbocycles. The summed E-state index contributed by atoms with van der Waals surface area (Å²) >= 11 is 11.8. The molecule has 1 heterocycles. The number of rotatable bonds is 4. The number of carbonyl (C=O) groups excluding carboxylic acids is 1. The first-order chi connectivity index (χ1) is 13.6. The summed E-state index contributed by atoms with van der Waals surface area (Å²) in [6.45, 7) is 0. The van der Waals surface area contributed by atoms with Crippen LogP contribution in [0.4, 0.5) is 5.69 Å². The fourth-order valence-electron chi connectivity index (χ4n) is 2.75. The van der Waals surface area contributed by atoms with Gasteiger partial charge in [0.05, 0.1) is 11.8 Å². The quantitative estimate of drug-likeness (QED) is 0.415. The predicted molar refractivity (Wildman–Crippen MR) is 112 cm³/mol. The lowest BCUT2D eigenvalue weighted by atomic mass is 10.1. The number of anilines is 1. The Bertz CT molecular complexity index is 1120. The van der Waals surface area contributed by atoms with Crippen molar-refractivity contribution in [2.24, 2.45) is 0 Å². The topological polar surface area (TPSA) is 55.1 Å². The number of hydrogen-bond acceptors (Lipinski definition) is 3. The lowest BCUT2D eigenvalue weighted by Crippen LogP contribution is -2.13. The van der Waals surface area contributed by atoms with Crippen LogP contribution in [0.1, 0.15) is 10.4 Å². The maximum Gasteiger partial charge on any atom is 0.256 e. The SMILES string of the molecule is O=C(Nc1ccc(Cl)cc1)c1ccccc1-c1ncc(-c2ccc(Cl)cc2)o1. The van der Waals surface area contributed by atoms with Crippen LogP contribution in [0.25, 0.3) is 22.8 Å². The van der Waals surface area contributed by atoms with Crippen molar-refractivity contribution < 1.29 is 9.21 Å². The molecule has 6 heteroatoms. The molecule has 0 aliphatic rings. The van der Waals surface area contributed by atoms with Crippen molar-refractivity contribution in [3.63, 3.8) is 0 Å². The van der Waals surface area contributed by atoms with E-state index in [0.717, 1.165) is 5.56 Å². The maximum absolute atomic E-state index is 12.8. The van der Waals surface area contributed by atoms with E-state index >= 15 is 0 Å². The maximum atomic E-state index is 12.8. The van der Waals surface area contributed by atoms with Crippen LogP contribution < -0.4 is 5.32 Å². The first kappa shape index (κ1) is 18.3. The molecule has 28 heavy (non-hydrogen) atoms. The number of oxazole rings is 1. The summed E-state index contributed by atoms with van der Waals surface area (Å²) in [6.07, 6.45) is 1.63. The smallest absolute Gasteiger partial charge is 0.256 e. The second-order valence-electron chi connectivity index (χ2n) is 6.04. The molecule has 3 aromatic carbocycles. The molecule has 0 saturated carbocycles. The third kappa shape index (κ3) is 3.93. The third-order valence-electron chi connectivity index (χ3n) is 4.14. The largest absolute Gasteiger partial charge is 0.436 e. The van der Waals surface area contributed by atoms with Gasteiger partial charge in [-0.3, -0.25) is 4.79 Å². The van der Waals surface area contributed by atoms with Gasteiger partial charge in [-0.2, -0.15) is 0 Å². The Morgan fingerprint density at radius 1 is 0.857 bits per heavy atom. The first-order valence-corrected chi connectivity index (χ1v) is 9.24. The van der Waals surface area contributed by atoms with E-state index in [1.54, 1.807) is 60.8 Å². The molecule has 0 spiro atoms. The van der Waals surface area contributed by atoms with Crippen molar-refractivity contribution in [1.29, 1.82) is 0 Å². The van der Waals surface area contributed by atoms with Gasteiger partial charge in [0.2, 0.25) is 5.89 Å². The van der Waals surface area contributed by atoms with Crippen molar-refractivity contribution in [2.75, 3.05) is 5.32 Å². The van der Waals surface area contributed by atoms with Crippen molar-refractivity contribution in [2.45, 2.75) is 0 Å². The zero-order chi connectivity index (χ0) is 19.5. The molecule has 138 valence electrons. The molecule has 0 unspecified atom stereocenters. The van der Waals surface area contributed by atoms with E-state index in [2.05, 4.69) is 10.3 Å². The summed E-state index contributed by atoms with van der Waals surface area (Å²) in [4.78, 5) is 17.1. The van der Waals surface area contributed by atoms with Crippen LogP contribution in [0.15, 0.2) is 83.4 Å². The molecule has 1 N–H and O–H groups in total. The molecule has 0 fully saturated rings. The summed E-state index contributed by atoms with van der Waals surface area (Å²) in [6, 6.07) is 21.4. The van der Waals surface area contributed by atoms with Crippen molar-refractivity contribution >= 4 is 34.8 Å². The van der Waals surface area contributed by atoms with Gasteiger partial charge in [-0.15, -0.1) is 0 Å². The van der Waals surface area contributed by atoms with E-state index in [0.29, 0.717) is 38.5 Å². The second kappa shape index (κ2) is 7.89. The number of halogens is 2. The van der Waals surface area contributed by atoms with Gasteiger partial charge in [0.25, 0.3) is 5.91 Å². The molecule has 4 rings (SSSR count). The molecule has 0 bridgehead atoms. The average molecular weight is 409 g/mol. The van der Waals surface area contributed by atoms with E-state index in [9.17, 15) is 4.79 Å². The van der Waals surface area contributed by atoms with Gasteiger partial charge in [0.1, 0.15) is 0 Å². The lowest BCUT2D eigenvalue weighted by Gasteiger charge is -2.08. The summed E-state index contributed by atoms with van der Waals surface area (Å²) in [5.41, 5.74) is 2.57. The third-order valence-corrected chi connectivity index (χ3v) is 4.64. The lowest BCUT2D eigenvalue weighted by molar-refractivity contribution is 0.102. The fraction of sp³-hybridized carbons (Fsp3) is 0. The van der Waals surface area contributed by atoms with Gasteiger partial charge in [-0.25, -0.2) is 4.98 Å². The number of carbonyl (C=O) groups is 1. The van der Waals surface area contributed by atoms with Gasteiger partial charge in [0.15, 0.2) is 5.76 Å². The number of amides is 1. The Morgan fingerprint density at radius 3 is 2.21 bits per heavy atom. The Kier molecular flexibility index (Phi) is 5.15. The highest BCUT2D eigenvalue weighted by atomic mass is 35.5. The van der Waals surface area contributed by atoms with Crippen LogP contribution in [-0.4, -0.2) is 10.9 Å². The molecular weight excluding hydrogens is 395 g/mol. The van der Waals surface area contributed by atoms with E-state index in [1.807, 2.05) is 18.2 Å². The molecule has 4 nitrogen and oxygen atoms in total. The highest BCUT2D eigenvalue weighted by molar-refractivity contribution is 6.31. The number of benzene rings is 3. The van der Waals surface area contributed by atoms with Crippen LogP contribution in [0.3, 0.4) is 0 Å². The minimum absolute atomic E-state index is 0.260. The predicted octanol–water partition coefficient (Wildman–Crippen LogP) is 6.57. The van der Waals surface area contributed by atoms with Crippen LogP contribution in [-0.2, 0) is 0 Å². The van der Waals surface area contributed by atoms with E-state index in [-0.39, 0.29) is 5.91 Å². The zero-order valence-corrected chi connectivity index (χ0v) is 16.0. The Balaban J connectivity index is 1.63. The van der Waals surface area contributed by atoms with Gasteiger partial charge in [-0.1, -0.05) is 35.3 Å². The van der Waals surface area contributed by atoms with Gasteiger partial charge >= 0.3 is 0 Å². The Hall–Kier alpha value is -3.08. The molecule has 0 atom stereocenters. The molecule has 0 saturated heterocycles. The standard InChI is InChI=1S/C22H14Cl2N2O2/c23-15-7-5-14(6-8-15)20-13-25-22(28-20)19-4-2-1-3-18(19)21(27)26-17-11-9-16(24)10-12-17/h1-13H,(H,26,27). The molecule has 1 amide bonds. The molecule has 1 aromatic heterocycles. The van der Waals surface area contributed by atoms with E-state index < -0.39 is 0 Å². The second-order valence-corrected chi connectivity index (χ2v) is 6.92. The van der Waals surface area contributed by atoms with Crippen LogP contribution in [0.5, 0.6) is 0 Å². The van der Waals surface area contributed by atoms with Gasteiger partial charge in [-0.05, 0) is 60.7 Å². The normalized spacial score (nSPS) is 10.6. The minimum atomic E-state index is -0.260. The van der Waals surface area contributed by atoms with Gasteiger partial charge < -0.3 is 9.73 Å². The van der Waals surface area contributed by atoms with Crippen LogP contribution in [0, 0.1) is 0 Å². The summed E-state index contributed by atoms with van der Waals surface area (Å²) in [5, 5.41) is 4.11. The molecule has 4 aromatic rings. The number of nitrogens with one attached hydrogen (secondary N) is 1.